The molecule has 94 valence electrons. The maximum Gasteiger partial charge on any atom is 0.263 e. The number of nitrogens with zero attached hydrogens (tertiary/aromatic N) is 2. The van der Waals surface area contributed by atoms with Crippen LogP contribution in [-0.2, 0) is 9.59 Å². The number of hydrazone groups is 1. The zero-order valence-corrected chi connectivity index (χ0v) is 10.9. The van der Waals surface area contributed by atoms with Crippen molar-refractivity contribution in [1.82, 2.24) is 0 Å². The van der Waals surface area contributed by atoms with Gasteiger partial charge in [-0.05, 0) is 25.1 Å². The molecule has 0 aliphatic carbocycles. The number of halogens is 1. The van der Waals surface area contributed by atoms with Crippen LogP contribution in [0.15, 0.2) is 29.4 Å². The Morgan fingerprint density at radius 3 is 2.83 bits per heavy atom. The van der Waals surface area contributed by atoms with Gasteiger partial charge in [0.2, 0.25) is 0 Å². The largest absolute Gasteiger partial charge is 0.298 e. The number of Topliss-reactive ketones (excluding diaryl/α,β-unsaturated/α-hetero) is 1. The molecule has 1 aliphatic heterocycles. The van der Waals surface area contributed by atoms with E-state index < -0.39 is 5.92 Å². The number of ketones is 1. The first-order valence-corrected chi connectivity index (χ1v) is 6.09. The molecule has 1 heterocycles. The molecule has 0 bridgehead atoms. The molecule has 1 aromatic carbocycles. The zero-order valence-electron chi connectivity index (χ0n) is 10.2. The van der Waals surface area contributed by atoms with Crippen molar-refractivity contribution < 1.29 is 9.59 Å². The van der Waals surface area contributed by atoms with Crippen LogP contribution in [0.2, 0.25) is 5.02 Å². The van der Waals surface area contributed by atoms with E-state index in [0.29, 0.717) is 22.8 Å². The molecule has 1 aromatic rings. The van der Waals surface area contributed by atoms with Crippen LogP contribution in [0, 0.1) is 5.92 Å². The van der Waals surface area contributed by atoms with Gasteiger partial charge in [0.1, 0.15) is 5.92 Å². The molecular weight excluding hydrogens is 252 g/mol. The van der Waals surface area contributed by atoms with Gasteiger partial charge in [0.05, 0.1) is 11.4 Å². The number of hydrogen-bond acceptors (Lipinski definition) is 3. The molecule has 5 heteroatoms. The van der Waals surface area contributed by atoms with Gasteiger partial charge in [-0.15, -0.1) is 0 Å². The molecule has 0 saturated carbocycles. The van der Waals surface area contributed by atoms with E-state index in [0.717, 1.165) is 0 Å². The second-order valence-electron chi connectivity index (χ2n) is 4.12. The van der Waals surface area contributed by atoms with Crippen LogP contribution in [0.4, 0.5) is 5.69 Å². The highest BCUT2D eigenvalue weighted by atomic mass is 35.5. The molecular formula is C13H13ClN2O2. The number of hydrogen-bond donors (Lipinski definition) is 0. The highest BCUT2D eigenvalue weighted by Gasteiger charge is 2.38. The molecule has 1 unspecified atom stereocenters. The third-order valence-corrected chi connectivity index (χ3v) is 3.09. The Morgan fingerprint density at radius 1 is 1.50 bits per heavy atom. The molecule has 2 rings (SSSR count). The monoisotopic (exact) mass is 264 g/mol. The lowest BCUT2D eigenvalue weighted by Crippen LogP contribution is -2.32. The fourth-order valence-corrected chi connectivity index (χ4v) is 2.12. The average molecular weight is 265 g/mol. The Morgan fingerprint density at radius 2 is 2.22 bits per heavy atom. The summed E-state index contributed by atoms with van der Waals surface area (Å²) in [6.07, 6.45) is 0.326. The van der Waals surface area contributed by atoms with E-state index in [4.69, 9.17) is 11.6 Å². The van der Waals surface area contributed by atoms with Gasteiger partial charge in [0, 0.05) is 11.4 Å². The summed E-state index contributed by atoms with van der Waals surface area (Å²) in [7, 11) is 0. The minimum absolute atomic E-state index is 0.106. The van der Waals surface area contributed by atoms with E-state index in [-0.39, 0.29) is 11.7 Å². The number of benzene rings is 1. The standard InChI is InChI=1S/C13H13ClN2O2/c1-3-11(17)12-8(2)15-16(13(12)18)10-6-4-5-9(14)7-10/h4-7,12H,3H2,1-2H3. The van der Waals surface area contributed by atoms with E-state index in [9.17, 15) is 9.59 Å². The number of rotatable bonds is 3. The number of anilines is 1. The SMILES string of the molecule is CCC(=O)C1C(=O)N(c2cccc(Cl)c2)N=C1C. The van der Waals surface area contributed by atoms with Gasteiger partial charge in [-0.3, -0.25) is 9.59 Å². The van der Waals surface area contributed by atoms with Crippen LogP contribution in [0.25, 0.3) is 0 Å². The smallest absolute Gasteiger partial charge is 0.263 e. The van der Waals surface area contributed by atoms with Crippen molar-refractivity contribution in [3.8, 4) is 0 Å². The molecule has 0 fully saturated rings. The van der Waals surface area contributed by atoms with Crippen LogP contribution >= 0.6 is 11.6 Å². The van der Waals surface area contributed by atoms with E-state index in [2.05, 4.69) is 5.10 Å². The molecule has 0 aromatic heterocycles. The quantitative estimate of drug-likeness (QED) is 0.788. The first kappa shape index (κ1) is 12.8. The fraction of sp³-hybridized carbons (Fsp3) is 0.308. The molecule has 1 amide bonds. The predicted molar refractivity (Wildman–Crippen MR) is 70.8 cm³/mol. The number of carbonyl (C=O) groups is 2. The molecule has 0 spiro atoms. The Hall–Kier alpha value is -1.68. The summed E-state index contributed by atoms with van der Waals surface area (Å²) in [6, 6.07) is 6.84. The summed E-state index contributed by atoms with van der Waals surface area (Å²) in [5, 5.41) is 5.93. The van der Waals surface area contributed by atoms with Gasteiger partial charge in [-0.25, -0.2) is 0 Å². The second kappa shape index (κ2) is 4.90. The lowest BCUT2D eigenvalue weighted by molar-refractivity contribution is -0.128. The Balaban J connectivity index is 2.34. The molecule has 18 heavy (non-hydrogen) atoms. The second-order valence-corrected chi connectivity index (χ2v) is 4.56. The van der Waals surface area contributed by atoms with Gasteiger partial charge in [0.15, 0.2) is 5.78 Å². The van der Waals surface area contributed by atoms with E-state index in [1.807, 2.05) is 0 Å². The molecule has 0 N–H and O–H groups in total. The average Bonchev–Trinajstić information content (AvgIpc) is 2.64. The summed E-state index contributed by atoms with van der Waals surface area (Å²) < 4.78 is 0. The molecule has 0 saturated heterocycles. The summed E-state index contributed by atoms with van der Waals surface area (Å²) in [6.45, 7) is 3.44. The number of amides is 1. The van der Waals surface area contributed by atoms with Crippen molar-refractivity contribution in [2.75, 3.05) is 5.01 Å². The van der Waals surface area contributed by atoms with E-state index in [1.54, 1.807) is 38.1 Å². The lowest BCUT2D eigenvalue weighted by atomic mass is 9.97. The van der Waals surface area contributed by atoms with Crippen molar-refractivity contribution in [3.63, 3.8) is 0 Å². The minimum atomic E-state index is -0.742. The van der Waals surface area contributed by atoms with Crippen LogP contribution in [0.1, 0.15) is 20.3 Å². The van der Waals surface area contributed by atoms with Crippen LogP contribution in [0.5, 0.6) is 0 Å². The van der Waals surface area contributed by atoms with Crippen LogP contribution < -0.4 is 5.01 Å². The van der Waals surface area contributed by atoms with Crippen LogP contribution in [0.3, 0.4) is 0 Å². The van der Waals surface area contributed by atoms with Crippen molar-refractivity contribution >= 4 is 34.7 Å². The van der Waals surface area contributed by atoms with Crippen molar-refractivity contribution in [2.45, 2.75) is 20.3 Å². The van der Waals surface area contributed by atoms with Gasteiger partial charge >= 0.3 is 0 Å². The van der Waals surface area contributed by atoms with E-state index >= 15 is 0 Å². The summed E-state index contributed by atoms with van der Waals surface area (Å²) >= 11 is 5.88. The van der Waals surface area contributed by atoms with Gasteiger partial charge in [-0.2, -0.15) is 10.1 Å². The fourth-order valence-electron chi connectivity index (χ4n) is 1.93. The normalized spacial score (nSPS) is 19.1. The summed E-state index contributed by atoms with van der Waals surface area (Å²) in [4.78, 5) is 23.9. The zero-order chi connectivity index (χ0) is 13.3. The van der Waals surface area contributed by atoms with Crippen molar-refractivity contribution in [1.29, 1.82) is 0 Å². The molecule has 1 aliphatic rings. The molecule has 0 radical (unpaired) electrons. The third-order valence-electron chi connectivity index (χ3n) is 2.85. The molecule has 1 atom stereocenters. The van der Waals surface area contributed by atoms with Crippen molar-refractivity contribution in [3.05, 3.63) is 29.3 Å². The van der Waals surface area contributed by atoms with Gasteiger partial charge < -0.3 is 0 Å². The lowest BCUT2D eigenvalue weighted by Gasteiger charge is -2.13. The highest BCUT2D eigenvalue weighted by molar-refractivity contribution is 6.31. The van der Waals surface area contributed by atoms with Gasteiger partial charge in [0.25, 0.3) is 5.91 Å². The maximum absolute atomic E-state index is 12.2. The Labute approximate surface area is 110 Å². The number of carbonyl (C=O) groups excluding carboxylic acids is 2. The molecule has 4 nitrogen and oxygen atoms in total. The van der Waals surface area contributed by atoms with Crippen molar-refractivity contribution in [2.24, 2.45) is 11.0 Å². The van der Waals surface area contributed by atoms with Gasteiger partial charge in [-0.1, -0.05) is 24.6 Å². The van der Waals surface area contributed by atoms with Crippen LogP contribution in [-0.4, -0.2) is 17.4 Å². The van der Waals surface area contributed by atoms with E-state index in [1.165, 1.54) is 5.01 Å². The first-order chi connectivity index (χ1) is 8.54. The summed E-state index contributed by atoms with van der Waals surface area (Å²) in [5.74, 6) is -1.15. The maximum atomic E-state index is 12.2. The Bertz CT molecular complexity index is 540. The Kier molecular flexibility index (Phi) is 3.48. The third kappa shape index (κ3) is 2.16. The minimum Gasteiger partial charge on any atom is -0.298 e. The summed E-state index contributed by atoms with van der Waals surface area (Å²) in [5.41, 5.74) is 1.12. The topological polar surface area (TPSA) is 49.7 Å². The highest BCUT2D eigenvalue weighted by Crippen LogP contribution is 2.26. The predicted octanol–water partition coefficient (Wildman–Crippen LogP) is 2.66. The first-order valence-electron chi connectivity index (χ1n) is 5.72.